The number of rotatable bonds is 5. The Morgan fingerprint density at radius 2 is 1.90 bits per heavy atom. The van der Waals surface area contributed by atoms with Crippen LogP contribution in [0.2, 0.25) is 0 Å². The number of ketones is 1. The SMILES string of the molecule is CCc1nc(SCC(=O)c2cc(C)c(C)c(C)c2C)n[nH]1. The fourth-order valence-corrected chi connectivity index (χ4v) is 2.91. The van der Waals surface area contributed by atoms with Crippen molar-refractivity contribution in [1.29, 1.82) is 0 Å². The van der Waals surface area contributed by atoms with E-state index in [4.69, 9.17) is 0 Å². The Balaban J connectivity index is 2.14. The normalized spacial score (nSPS) is 10.9. The molecule has 0 saturated heterocycles. The van der Waals surface area contributed by atoms with Gasteiger partial charge in [-0.25, -0.2) is 4.98 Å². The van der Waals surface area contributed by atoms with Gasteiger partial charge in [-0.15, -0.1) is 5.10 Å². The van der Waals surface area contributed by atoms with Crippen LogP contribution < -0.4 is 0 Å². The summed E-state index contributed by atoms with van der Waals surface area (Å²) < 4.78 is 0. The molecule has 2 rings (SSSR count). The smallest absolute Gasteiger partial charge is 0.208 e. The van der Waals surface area contributed by atoms with E-state index in [-0.39, 0.29) is 5.78 Å². The zero-order valence-electron chi connectivity index (χ0n) is 13.2. The molecule has 1 N–H and O–H groups in total. The average molecular weight is 303 g/mol. The van der Waals surface area contributed by atoms with Crippen molar-refractivity contribution < 1.29 is 4.79 Å². The minimum absolute atomic E-state index is 0.131. The third-order valence-corrected chi connectivity index (χ3v) is 4.81. The standard InChI is InChI=1S/C16H21N3OS/c1-6-15-17-16(19-18-15)21-8-14(20)13-7-9(2)10(3)11(4)12(13)5/h7H,6,8H2,1-5H3,(H,17,18,19). The molecule has 1 heterocycles. The van der Waals surface area contributed by atoms with Crippen molar-refractivity contribution in [2.75, 3.05) is 5.75 Å². The third-order valence-electron chi connectivity index (χ3n) is 3.96. The van der Waals surface area contributed by atoms with Crippen LogP contribution in [0.15, 0.2) is 11.2 Å². The van der Waals surface area contributed by atoms with Gasteiger partial charge in [-0.3, -0.25) is 9.89 Å². The Labute approximate surface area is 129 Å². The number of H-pyrrole nitrogens is 1. The molecule has 0 aliphatic rings. The molecule has 4 nitrogen and oxygen atoms in total. The van der Waals surface area contributed by atoms with Crippen molar-refractivity contribution >= 4 is 17.5 Å². The molecule has 0 atom stereocenters. The zero-order valence-corrected chi connectivity index (χ0v) is 14.0. The van der Waals surface area contributed by atoms with Crippen molar-refractivity contribution in [3.05, 3.63) is 39.7 Å². The molecular formula is C16H21N3OS. The number of aromatic amines is 1. The predicted molar refractivity (Wildman–Crippen MR) is 86.2 cm³/mol. The van der Waals surface area contributed by atoms with E-state index in [9.17, 15) is 4.79 Å². The maximum Gasteiger partial charge on any atom is 0.208 e. The summed E-state index contributed by atoms with van der Waals surface area (Å²) in [5.74, 6) is 1.35. The Morgan fingerprint density at radius 3 is 2.52 bits per heavy atom. The van der Waals surface area contributed by atoms with E-state index in [0.29, 0.717) is 10.9 Å². The second-order valence-electron chi connectivity index (χ2n) is 5.25. The van der Waals surface area contributed by atoms with Gasteiger partial charge in [0.05, 0.1) is 5.75 Å². The average Bonchev–Trinajstić information content (AvgIpc) is 2.94. The Bertz CT molecular complexity index is 676. The number of nitrogens with zero attached hydrogens (tertiary/aromatic N) is 2. The van der Waals surface area contributed by atoms with E-state index in [1.54, 1.807) is 0 Å². The molecule has 112 valence electrons. The number of carbonyl (C=O) groups excluding carboxylic acids is 1. The zero-order chi connectivity index (χ0) is 15.6. The molecule has 21 heavy (non-hydrogen) atoms. The van der Waals surface area contributed by atoms with E-state index in [1.165, 1.54) is 22.9 Å². The number of aromatic nitrogens is 3. The fraction of sp³-hybridized carbons (Fsp3) is 0.438. The number of thioether (sulfide) groups is 1. The summed E-state index contributed by atoms with van der Waals surface area (Å²) in [6.45, 7) is 10.3. The molecule has 5 heteroatoms. The van der Waals surface area contributed by atoms with Gasteiger partial charge in [0.2, 0.25) is 5.16 Å². The summed E-state index contributed by atoms with van der Waals surface area (Å²) in [6, 6.07) is 2.00. The summed E-state index contributed by atoms with van der Waals surface area (Å²) in [4.78, 5) is 16.8. The molecule has 1 aromatic carbocycles. The fourth-order valence-electron chi connectivity index (χ4n) is 2.21. The van der Waals surface area contributed by atoms with Crippen LogP contribution in [0.4, 0.5) is 0 Å². The Kier molecular flexibility index (Phi) is 4.83. The second kappa shape index (κ2) is 6.43. The van der Waals surface area contributed by atoms with Gasteiger partial charge in [-0.1, -0.05) is 18.7 Å². The predicted octanol–water partition coefficient (Wildman–Crippen LogP) is 3.58. The maximum atomic E-state index is 12.4. The molecule has 0 fully saturated rings. The van der Waals surface area contributed by atoms with Gasteiger partial charge in [0.15, 0.2) is 5.78 Å². The van der Waals surface area contributed by atoms with Crippen LogP contribution in [-0.4, -0.2) is 26.7 Å². The molecule has 0 aliphatic carbocycles. The van der Waals surface area contributed by atoms with Crippen LogP contribution in [0.25, 0.3) is 0 Å². The van der Waals surface area contributed by atoms with Crippen molar-refractivity contribution in [2.24, 2.45) is 0 Å². The summed E-state index contributed by atoms with van der Waals surface area (Å²) in [6.07, 6.45) is 0.816. The van der Waals surface area contributed by atoms with E-state index in [0.717, 1.165) is 28.9 Å². The first kappa shape index (κ1) is 15.8. The van der Waals surface area contributed by atoms with Crippen molar-refractivity contribution in [2.45, 2.75) is 46.2 Å². The maximum absolute atomic E-state index is 12.4. The lowest BCUT2D eigenvalue weighted by atomic mass is 9.93. The van der Waals surface area contributed by atoms with Crippen molar-refractivity contribution in [3.63, 3.8) is 0 Å². The molecular weight excluding hydrogens is 282 g/mol. The summed E-state index contributed by atoms with van der Waals surface area (Å²) >= 11 is 1.38. The minimum Gasteiger partial charge on any atom is -0.293 e. The highest BCUT2D eigenvalue weighted by Crippen LogP contribution is 2.23. The van der Waals surface area contributed by atoms with Gasteiger partial charge in [0, 0.05) is 12.0 Å². The van der Waals surface area contributed by atoms with Gasteiger partial charge < -0.3 is 0 Å². The molecule has 0 radical (unpaired) electrons. The molecule has 0 aliphatic heterocycles. The third kappa shape index (κ3) is 3.35. The summed E-state index contributed by atoms with van der Waals surface area (Å²) in [5.41, 5.74) is 5.52. The summed E-state index contributed by atoms with van der Waals surface area (Å²) in [5, 5.41) is 7.60. The largest absolute Gasteiger partial charge is 0.293 e. The number of aryl methyl sites for hydroxylation is 2. The van der Waals surface area contributed by atoms with Crippen LogP contribution in [0.1, 0.15) is 45.4 Å². The first-order chi connectivity index (χ1) is 9.93. The number of carbonyl (C=O) groups is 1. The number of hydrogen-bond acceptors (Lipinski definition) is 4. The van der Waals surface area contributed by atoms with Crippen LogP contribution in [-0.2, 0) is 6.42 Å². The van der Waals surface area contributed by atoms with E-state index < -0.39 is 0 Å². The van der Waals surface area contributed by atoms with E-state index >= 15 is 0 Å². The molecule has 0 bridgehead atoms. The second-order valence-corrected chi connectivity index (χ2v) is 6.19. The molecule has 2 aromatic rings. The molecule has 0 saturated carbocycles. The Hall–Kier alpha value is -1.62. The monoisotopic (exact) mass is 303 g/mol. The lowest BCUT2D eigenvalue weighted by molar-refractivity contribution is 0.102. The number of nitrogens with one attached hydrogen (secondary N) is 1. The highest BCUT2D eigenvalue weighted by atomic mass is 32.2. The number of hydrogen-bond donors (Lipinski definition) is 1. The molecule has 0 unspecified atom stereocenters. The number of Topliss-reactive ketones (excluding diaryl/α,β-unsaturated/α-hetero) is 1. The van der Waals surface area contributed by atoms with Gasteiger partial charge >= 0.3 is 0 Å². The highest BCUT2D eigenvalue weighted by Gasteiger charge is 2.15. The van der Waals surface area contributed by atoms with Gasteiger partial charge in [0.1, 0.15) is 5.82 Å². The van der Waals surface area contributed by atoms with Gasteiger partial charge in [-0.2, -0.15) is 0 Å². The van der Waals surface area contributed by atoms with Crippen LogP contribution in [0, 0.1) is 27.7 Å². The first-order valence-electron chi connectivity index (χ1n) is 7.08. The van der Waals surface area contributed by atoms with Crippen LogP contribution >= 0.6 is 11.8 Å². The topological polar surface area (TPSA) is 58.6 Å². The van der Waals surface area contributed by atoms with E-state index in [2.05, 4.69) is 36.0 Å². The van der Waals surface area contributed by atoms with Gasteiger partial charge in [0.25, 0.3) is 0 Å². The van der Waals surface area contributed by atoms with Gasteiger partial charge in [-0.05, 0) is 56.0 Å². The van der Waals surface area contributed by atoms with E-state index in [1.807, 2.05) is 19.9 Å². The van der Waals surface area contributed by atoms with Crippen LogP contribution in [0.5, 0.6) is 0 Å². The lowest BCUT2D eigenvalue weighted by Gasteiger charge is -2.13. The lowest BCUT2D eigenvalue weighted by Crippen LogP contribution is -2.08. The highest BCUT2D eigenvalue weighted by molar-refractivity contribution is 7.99. The number of benzene rings is 1. The summed E-state index contributed by atoms with van der Waals surface area (Å²) in [7, 11) is 0. The van der Waals surface area contributed by atoms with Crippen molar-refractivity contribution in [1.82, 2.24) is 15.2 Å². The first-order valence-corrected chi connectivity index (χ1v) is 8.07. The molecule has 0 spiro atoms. The van der Waals surface area contributed by atoms with Crippen molar-refractivity contribution in [3.8, 4) is 0 Å². The Morgan fingerprint density at radius 1 is 1.19 bits per heavy atom. The minimum atomic E-state index is 0.131. The van der Waals surface area contributed by atoms with Crippen LogP contribution in [0.3, 0.4) is 0 Å². The molecule has 0 amide bonds. The quantitative estimate of drug-likeness (QED) is 0.677. The molecule has 1 aromatic heterocycles.